The van der Waals surface area contributed by atoms with Gasteiger partial charge in [0.25, 0.3) is 0 Å². The van der Waals surface area contributed by atoms with Gasteiger partial charge in [0.05, 0.1) is 16.4 Å². The summed E-state index contributed by atoms with van der Waals surface area (Å²) in [6.07, 6.45) is 0. The summed E-state index contributed by atoms with van der Waals surface area (Å²) in [5.74, 6) is 0.838. The highest BCUT2D eigenvalue weighted by atomic mass is 35.5. The highest BCUT2D eigenvalue weighted by Crippen LogP contribution is 2.29. The molecule has 0 amide bonds. The molecule has 1 aromatic carbocycles. The zero-order valence-corrected chi connectivity index (χ0v) is 14.6. The maximum atomic E-state index is 6.36. The molecular formula is C16H22ClN3S. The molecule has 5 heteroatoms. The van der Waals surface area contributed by atoms with Crippen molar-refractivity contribution < 1.29 is 0 Å². The number of rotatable bonds is 6. The molecule has 2 aromatic rings. The molecule has 1 aromatic heterocycles. The van der Waals surface area contributed by atoms with Gasteiger partial charge in [-0.25, -0.2) is 0 Å². The molecule has 0 aliphatic carbocycles. The minimum absolute atomic E-state index is 0.359. The molecule has 1 atom stereocenters. The van der Waals surface area contributed by atoms with E-state index in [1.165, 1.54) is 10.5 Å². The molecule has 1 N–H and O–H groups in total. The van der Waals surface area contributed by atoms with E-state index in [-0.39, 0.29) is 0 Å². The number of nitrogens with one attached hydrogen (secondary N) is 1. The molecule has 2 rings (SSSR count). The van der Waals surface area contributed by atoms with Crippen LogP contribution in [-0.2, 0) is 12.3 Å². The number of aromatic nitrogens is 2. The van der Waals surface area contributed by atoms with Crippen LogP contribution >= 0.6 is 23.4 Å². The predicted octanol–water partition coefficient (Wildman–Crippen LogP) is 4.44. The second kappa shape index (κ2) is 7.34. The molecular weight excluding hydrogens is 302 g/mol. The number of hydrogen-bond donors (Lipinski definition) is 1. The molecule has 114 valence electrons. The van der Waals surface area contributed by atoms with E-state index < -0.39 is 0 Å². The lowest BCUT2D eigenvalue weighted by atomic mass is 10.1. The van der Waals surface area contributed by atoms with Crippen LogP contribution in [0.2, 0.25) is 5.02 Å². The summed E-state index contributed by atoms with van der Waals surface area (Å²) in [6, 6.07) is 9.00. The van der Waals surface area contributed by atoms with Gasteiger partial charge in [0.1, 0.15) is 0 Å². The Morgan fingerprint density at radius 3 is 2.86 bits per heavy atom. The Labute approximate surface area is 136 Å². The highest BCUT2D eigenvalue weighted by Gasteiger charge is 2.13. The summed E-state index contributed by atoms with van der Waals surface area (Å²) >= 11 is 8.16. The zero-order valence-electron chi connectivity index (χ0n) is 13.0. The van der Waals surface area contributed by atoms with Crippen LogP contribution in [0, 0.1) is 6.92 Å². The van der Waals surface area contributed by atoms with Crippen molar-refractivity contribution in [3.8, 4) is 0 Å². The molecule has 0 saturated heterocycles. The quantitative estimate of drug-likeness (QED) is 0.797. The second-order valence-corrected chi connectivity index (χ2v) is 6.46. The molecule has 0 aliphatic heterocycles. The fourth-order valence-electron chi connectivity index (χ4n) is 2.20. The topological polar surface area (TPSA) is 29.9 Å². The van der Waals surface area contributed by atoms with Gasteiger partial charge in [-0.1, -0.05) is 23.7 Å². The Morgan fingerprint density at radius 1 is 1.43 bits per heavy atom. The standard InChI is InChI=1S/C16H22ClN3S/c1-5-20-15(16(17)12(3)19-20)10-21-14-8-6-7-13(9-14)11(2)18-4/h6-9,11,18H,5,10H2,1-4H3. The monoisotopic (exact) mass is 323 g/mol. The van der Waals surface area contributed by atoms with Gasteiger partial charge in [-0.05, 0) is 45.5 Å². The lowest BCUT2D eigenvalue weighted by Gasteiger charge is -2.12. The Kier molecular flexibility index (Phi) is 5.73. The van der Waals surface area contributed by atoms with E-state index in [9.17, 15) is 0 Å². The van der Waals surface area contributed by atoms with Crippen LogP contribution < -0.4 is 5.32 Å². The molecule has 0 spiro atoms. The zero-order chi connectivity index (χ0) is 15.4. The number of aryl methyl sites for hydroxylation is 2. The molecule has 21 heavy (non-hydrogen) atoms. The SMILES string of the molecule is CCn1nc(C)c(Cl)c1CSc1cccc(C(C)NC)c1. The summed E-state index contributed by atoms with van der Waals surface area (Å²) in [5.41, 5.74) is 3.31. The maximum absolute atomic E-state index is 6.36. The predicted molar refractivity (Wildman–Crippen MR) is 91.1 cm³/mol. The number of benzene rings is 1. The van der Waals surface area contributed by atoms with Gasteiger partial charge < -0.3 is 5.32 Å². The summed E-state index contributed by atoms with van der Waals surface area (Å²) in [4.78, 5) is 1.26. The van der Waals surface area contributed by atoms with Crippen LogP contribution in [0.1, 0.15) is 36.8 Å². The fraction of sp³-hybridized carbons (Fsp3) is 0.438. The third-order valence-electron chi connectivity index (χ3n) is 3.62. The van der Waals surface area contributed by atoms with Crippen molar-refractivity contribution in [3.63, 3.8) is 0 Å². The highest BCUT2D eigenvalue weighted by molar-refractivity contribution is 7.98. The Hall–Kier alpha value is -0.970. The lowest BCUT2D eigenvalue weighted by Crippen LogP contribution is -2.12. The van der Waals surface area contributed by atoms with Crippen LogP contribution in [0.25, 0.3) is 0 Å². The molecule has 1 heterocycles. The number of halogens is 1. The van der Waals surface area contributed by atoms with Gasteiger partial charge in [0, 0.05) is 23.2 Å². The van der Waals surface area contributed by atoms with E-state index in [0.717, 1.165) is 28.7 Å². The Morgan fingerprint density at radius 2 is 2.19 bits per heavy atom. The maximum Gasteiger partial charge on any atom is 0.0855 e. The van der Waals surface area contributed by atoms with Crippen LogP contribution in [0.3, 0.4) is 0 Å². The number of thioether (sulfide) groups is 1. The van der Waals surface area contributed by atoms with Crippen molar-refractivity contribution >= 4 is 23.4 Å². The molecule has 1 unspecified atom stereocenters. The van der Waals surface area contributed by atoms with Crippen molar-refractivity contribution in [1.82, 2.24) is 15.1 Å². The van der Waals surface area contributed by atoms with E-state index >= 15 is 0 Å². The van der Waals surface area contributed by atoms with Gasteiger partial charge in [0.15, 0.2) is 0 Å². The first kappa shape index (κ1) is 16.4. The summed E-state index contributed by atoms with van der Waals surface area (Å²) in [7, 11) is 1.98. The van der Waals surface area contributed by atoms with Gasteiger partial charge in [-0.3, -0.25) is 4.68 Å². The van der Waals surface area contributed by atoms with Crippen molar-refractivity contribution in [1.29, 1.82) is 0 Å². The van der Waals surface area contributed by atoms with E-state index in [1.807, 2.05) is 18.7 Å². The largest absolute Gasteiger partial charge is 0.313 e. The van der Waals surface area contributed by atoms with E-state index in [1.54, 1.807) is 11.8 Å². The summed E-state index contributed by atoms with van der Waals surface area (Å²) in [6.45, 7) is 7.06. The van der Waals surface area contributed by atoms with Gasteiger partial charge in [-0.2, -0.15) is 5.10 Å². The van der Waals surface area contributed by atoms with E-state index in [0.29, 0.717) is 6.04 Å². The smallest absolute Gasteiger partial charge is 0.0855 e. The minimum Gasteiger partial charge on any atom is -0.313 e. The van der Waals surface area contributed by atoms with Crippen LogP contribution in [-0.4, -0.2) is 16.8 Å². The van der Waals surface area contributed by atoms with Crippen molar-refractivity contribution in [2.75, 3.05) is 7.05 Å². The normalized spacial score (nSPS) is 12.6. The first-order valence-corrected chi connectivity index (χ1v) is 8.55. The van der Waals surface area contributed by atoms with Gasteiger partial charge in [0.2, 0.25) is 0 Å². The first-order valence-electron chi connectivity index (χ1n) is 7.18. The Balaban J connectivity index is 2.13. The number of nitrogens with zero attached hydrogens (tertiary/aromatic N) is 2. The molecule has 0 bridgehead atoms. The molecule has 0 radical (unpaired) electrons. The van der Waals surface area contributed by atoms with E-state index in [4.69, 9.17) is 11.6 Å². The summed E-state index contributed by atoms with van der Waals surface area (Å²) < 4.78 is 1.99. The first-order chi connectivity index (χ1) is 10.1. The summed E-state index contributed by atoms with van der Waals surface area (Å²) in [5, 5.41) is 8.53. The fourth-order valence-corrected chi connectivity index (χ4v) is 3.47. The van der Waals surface area contributed by atoms with Gasteiger partial charge >= 0.3 is 0 Å². The van der Waals surface area contributed by atoms with Crippen molar-refractivity contribution in [2.45, 2.75) is 44.0 Å². The van der Waals surface area contributed by atoms with Crippen LogP contribution in [0.15, 0.2) is 29.2 Å². The third-order valence-corrected chi connectivity index (χ3v) is 5.12. The minimum atomic E-state index is 0.359. The second-order valence-electron chi connectivity index (χ2n) is 5.03. The molecule has 0 saturated carbocycles. The van der Waals surface area contributed by atoms with Crippen LogP contribution in [0.4, 0.5) is 0 Å². The molecule has 3 nitrogen and oxygen atoms in total. The van der Waals surface area contributed by atoms with E-state index in [2.05, 4.69) is 48.5 Å². The lowest BCUT2D eigenvalue weighted by molar-refractivity contribution is 0.632. The average molecular weight is 324 g/mol. The third kappa shape index (κ3) is 3.82. The molecule has 0 aliphatic rings. The van der Waals surface area contributed by atoms with Crippen molar-refractivity contribution in [2.24, 2.45) is 0 Å². The van der Waals surface area contributed by atoms with Gasteiger partial charge in [-0.15, -0.1) is 11.8 Å². The Bertz CT molecular complexity index is 610. The van der Waals surface area contributed by atoms with Crippen molar-refractivity contribution in [3.05, 3.63) is 46.2 Å². The van der Waals surface area contributed by atoms with Crippen LogP contribution in [0.5, 0.6) is 0 Å². The average Bonchev–Trinajstić information content (AvgIpc) is 2.79. The number of hydrogen-bond acceptors (Lipinski definition) is 3. The molecule has 0 fully saturated rings.